The number of hydrogen-bond donors (Lipinski definition) is 1. The van der Waals surface area contributed by atoms with Crippen LogP contribution in [0.25, 0.3) is 16.8 Å². The maximum atomic E-state index is 13.6. The number of carbonyl (C=O) groups is 1. The SMILES string of the molecule is N#C/C(=C\c1ccc2ccccc2c1)C(=O)Nc1ccccc1F. The fraction of sp³-hybridized carbons (Fsp3) is 0. The van der Waals surface area contributed by atoms with Crippen molar-refractivity contribution in [3.63, 3.8) is 0 Å². The number of nitrogens with zero attached hydrogens (tertiary/aromatic N) is 1. The molecule has 1 N–H and O–H groups in total. The van der Waals surface area contributed by atoms with E-state index in [1.54, 1.807) is 6.07 Å². The van der Waals surface area contributed by atoms with E-state index >= 15 is 0 Å². The molecule has 3 aromatic carbocycles. The lowest BCUT2D eigenvalue weighted by molar-refractivity contribution is -0.112. The predicted molar refractivity (Wildman–Crippen MR) is 92.6 cm³/mol. The van der Waals surface area contributed by atoms with E-state index in [0.29, 0.717) is 0 Å². The van der Waals surface area contributed by atoms with Crippen molar-refractivity contribution in [2.24, 2.45) is 0 Å². The van der Waals surface area contributed by atoms with Crippen LogP contribution in [0.1, 0.15) is 5.56 Å². The van der Waals surface area contributed by atoms with Gasteiger partial charge in [0.25, 0.3) is 5.91 Å². The van der Waals surface area contributed by atoms with Crippen molar-refractivity contribution < 1.29 is 9.18 Å². The van der Waals surface area contributed by atoms with Crippen LogP contribution in [0, 0.1) is 17.1 Å². The Morgan fingerprint density at radius 1 is 1.00 bits per heavy atom. The molecule has 24 heavy (non-hydrogen) atoms. The van der Waals surface area contributed by atoms with Crippen LogP contribution in [-0.2, 0) is 4.79 Å². The van der Waals surface area contributed by atoms with Crippen molar-refractivity contribution >= 4 is 28.4 Å². The van der Waals surface area contributed by atoms with Gasteiger partial charge in [-0.3, -0.25) is 4.79 Å². The first-order valence-electron chi connectivity index (χ1n) is 7.34. The molecule has 0 aliphatic carbocycles. The summed E-state index contributed by atoms with van der Waals surface area (Å²) >= 11 is 0. The average Bonchev–Trinajstić information content (AvgIpc) is 2.61. The number of fused-ring (bicyclic) bond motifs is 1. The standard InChI is InChI=1S/C20H13FN2O/c21-18-7-3-4-8-19(18)23-20(24)17(13-22)12-14-9-10-15-5-1-2-6-16(15)11-14/h1-12H,(H,23,24)/b17-12+. The molecular formula is C20H13FN2O. The second-order valence-corrected chi connectivity index (χ2v) is 5.21. The molecule has 0 unspecified atom stereocenters. The molecule has 0 fully saturated rings. The van der Waals surface area contributed by atoms with Gasteiger partial charge in [0.15, 0.2) is 0 Å². The minimum absolute atomic E-state index is 0.0437. The predicted octanol–water partition coefficient (Wildman–Crippen LogP) is 4.52. The van der Waals surface area contributed by atoms with Gasteiger partial charge >= 0.3 is 0 Å². The smallest absolute Gasteiger partial charge is 0.266 e. The van der Waals surface area contributed by atoms with E-state index in [-0.39, 0.29) is 11.3 Å². The van der Waals surface area contributed by atoms with Crippen molar-refractivity contribution in [3.05, 3.63) is 83.7 Å². The van der Waals surface area contributed by atoms with Crippen LogP contribution in [0.15, 0.2) is 72.3 Å². The Bertz CT molecular complexity index is 986. The molecule has 3 nitrogen and oxygen atoms in total. The lowest BCUT2D eigenvalue weighted by Crippen LogP contribution is -2.14. The molecule has 3 aromatic rings. The van der Waals surface area contributed by atoms with Crippen molar-refractivity contribution in [2.75, 3.05) is 5.32 Å². The highest BCUT2D eigenvalue weighted by molar-refractivity contribution is 6.09. The fourth-order valence-electron chi connectivity index (χ4n) is 2.37. The maximum Gasteiger partial charge on any atom is 0.266 e. The lowest BCUT2D eigenvalue weighted by Gasteiger charge is -2.05. The zero-order chi connectivity index (χ0) is 16.9. The molecule has 0 spiro atoms. The van der Waals surface area contributed by atoms with Crippen LogP contribution < -0.4 is 5.32 Å². The summed E-state index contributed by atoms with van der Waals surface area (Å²) in [7, 11) is 0. The molecular weight excluding hydrogens is 303 g/mol. The number of benzene rings is 3. The average molecular weight is 316 g/mol. The van der Waals surface area contributed by atoms with E-state index in [1.165, 1.54) is 24.3 Å². The van der Waals surface area contributed by atoms with Gasteiger partial charge in [-0.25, -0.2) is 4.39 Å². The second-order valence-electron chi connectivity index (χ2n) is 5.21. The third kappa shape index (κ3) is 3.31. The van der Waals surface area contributed by atoms with Gasteiger partial charge in [-0.15, -0.1) is 0 Å². The molecule has 0 aliphatic heterocycles. The molecule has 1 amide bonds. The number of anilines is 1. The van der Waals surface area contributed by atoms with Crippen LogP contribution in [0.4, 0.5) is 10.1 Å². The highest BCUT2D eigenvalue weighted by atomic mass is 19.1. The van der Waals surface area contributed by atoms with E-state index in [9.17, 15) is 14.4 Å². The third-order valence-corrected chi connectivity index (χ3v) is 3.57. The monoisotopic (exact) mass is 316 g/mol. The number of nitrogens with one attached hydrogen (secondary N) is 1. The molecule has 3 rings (SSSR count). The quantitative estimate of drug-likeness (QED) is 0.570. The molecule has 0 bridgehead atoms. The second kappa shape index (κ2) is 6.76. The Labute approximate surface area is 138 Å². The molecule has 0 aromatic heterocycles. The Hall–Kier alpha value is -3.45. The van der Waals surface area contributed by atoms with E-state index in [4.69, 9.17) is 0 Å². The maximum absolute atomic E-state index is 13.6. The number of carbonyl (C=O) groups excluding carboxylic acids is 1. The van der Waals surface area contributed by atoms with E-state index < -0.39 is 11.7 Å². The van der Waals surface area contributed by atoms with E-state index in [0.717, 1.165) is 16.3 Å². The van der Waals surface area contributed by atoms with Crippen LogP contribution >= 0.6 is 0 Å². The third-order valence-electron chi connectivity index (χ3n) is 3.57. The molecule has 0 aliphatic rings. The molecule has 4 heteroatoms. The van der Waals surface area contributed by atoms with Crippen molar-refractivity contribution in [1.82, 2.24) is 0 Å². The van der Waals surface area contributed by atoms with Gasteiger partial charge in [-0.05, 0) is 40.6 Å². The number of nitriles is 1. The zero-order valence-corrected chi connectivity index (χ0v) is 12.7. The Balaban J connectivity index is 1.89. The molecule has 116 valence electrons. The normalized spacial score (nSPS) is 11.1. The van der Waals surface area contributed by atoms with Crippen LogP contribution in [-0.4, -0.2) is 5.91 Å². The molecule has 0 radical (unpaired) electrons. The van der Waals surface area contributed by atoms with Crippen LogP contribution in [0.3, 0.4) is 0 Å². The Morgan fingerprint density at radius 2 is 1.71 bits per heavy atom. The van der Waals surface area contributed by atoms with Crippen LogP contribution in [0.2, 0.25) is 0 Å². The summed E-state index contributed by atoms with van der Waals surface area (Å²) in [5, 5.41) is 13.7. The number of halogens is 1. The van der Waals surface area contributed by atoms with Gasteiger partial charge in [-0.1, -0.05) is 48.5 Å². The zero-order valence-electron chi connectivity index (χ0n) is 12.7. The lowest BCUT2D eigenvalue weighted by atomic mass is 10.0. The number of para-hydroxylation sites is 1. The first kappa shape index (κ1) is 15.4. The molecule has 0 heterocycles. The summed E-state index contributed by atoms with van der Waals surface area (Å²) in [4.78, 5) is 12.2. The highest BCUT2D eigenvalue weighted by Gasteiger charge is 2.11. The van der Waals surface area contributed by atoms with E-state index in [2.05, 4.69) is 5.32 Å². The molecule has 0 saturated carbocycles. The van der Waals surface area contributed by atoms with Gasteiger partial charge in [0, 0.05) is 0 Å². The molecule has 0 saturated heterocycles. The summed E-state index contributed by atoms with van der Waals surface area (Å²) in [5.41, 5.74) is 0.685. The van der Waals surface area contributed by atoms with E-state index in [1.807, 2.05) is 48.5 Å². The minimum Gasteiger partial charge on any atom is -0.319 e. The number of hydrogen-bond acceptors (Lipinski definition) is 2. The molecule has 0 atom stereocenters. The number of rotatable bonds is 3. The summed E-state index contributed by atoms with van der Waals surface area (Å²) in [6.07, 6.45) is 1.49. The van der Waals surface area contributed by atoms with Crippen molar-refractivity contribution in [2.45, 2.75) is 0 Å². The van der Waals surface area contributed by atoms with Crippen LogP contribution in [0.5, 0.6) is 0 Å². The van der Waals surface area contributed by atoms with Gasteiger partial charge in [0.1, 0.15) is 17.5 Å². The number of amides is 1. The minimum atomic E-state index is -0.643. The highest BCUT2D eigenvalue weighted by Crippen LogP contribution is 2.18. The van der Waals surface area contributed by atoms with Gasteiger partial charge < -0.3 is 5.32 Å². The summed E-state index contributed by atoms with van der Waals surface area (Å²) in [6, 6.07) is 21.1. The summed E-state index contributed by atoms with van der Waals surface area (Å²) in [6.45, 7) is 0. The largest absolute Gasteiger partial charge is 0.319 e. The van der Waals surface area contributed by atoms with Gasteiger partial charge in [0.2, 0.25) is 0 Å². The topological polar surface area (TPSA) is 52.9 Å². The summed E-state index contributed by atoms with van der Waals surface area (Å²) < 4.78 is 13.6. The van der Waals surface area contributed by atoms with Gasteiger partial charge in [0.05, 0.1) is 5.69 Å². The Kier molecular flexibility index (Phi) is 4.35. The first-order chi connectivity index (χ1) is 11.7. The van der Waals surface area contributed by atoms with Crippen molar-refractivity contribution in [1.29, 1.82) is 5.26 Å². The summed E-state index contributed by atoms with van der Waals surface area (Å²) in [5.74, 6) is -1.19. The van der Waals surface area contributed by atoms with Crippen molar-refractivity contribution in [3.8, 4) is 6.07 Å². The Morgan fingerprint density at radius 3 is 2.46 bits per heavy atom. The first-order valence-corrected chi connectivity index (χ1v) is 7.34. The van der Waals surface area contributed by atoms with Gasteiger partial charge in [-0.2, -0.15) is 5.26 Å². The fourth-order valence-corrected chi connectivity index (χ4v) is 2.37.